The minimum Gasteiger partial charge on any atom is -0.310 e. The molecule has 1 N–H and O–H groups in total. The number of halogens is 2. The lowest BCUT2D eigenvalue weighted by molar-refractivity contribution is 0.415. The molecule has 1 aromatic carbocycles. The molecule has 0 saturated carbocycles. The highest BCUT2D eigenvalue weighted by atomic mass is 79.9. The van der Waals surface area contributed by atoms with Crippen LogP contribution in [0.4, 0.5) is 0 Å². The van der Waals surface area contributed by atoms with Crippen LogP contribution in [0.5, 0.6) is 0 Å². The molecule has 3 heteroatoms. The van der Waals surface area contributed by atoms with E-state index in [1.165, 1.54) is 29.3 Å². The molecule has 0 aromatic heterocycles. The Hall–Kier alpha value is -0.120. The predicted molar refractivity (Wildman–Crippen MR) is 84.7 cm³/mol. The summed E-state index contributed by atoms with van der Waals surface area (Å²) in [4.78, 5) is 0. The van der Waals surface area contributed by atoms with Crippen LogP contribution in [0.2, 0.25) is 0 Å². The maximum atomic E-state index is 3.65. The molecule has 1 aliphatic rings. The van der Waals surface area contributed by atoms with Gasteiger partial charge < -0.3 is 5.32 Å². The Morgan fingerprint density at radius 1 is 1.33 bits per heavy atom. The summed E-state index contributed by atoms with van der Waals surface area (Å²) in [5.74, 6) is 0.798. The van der Waals surface area contributed by atoms with Crippen molar-refractivity contribution in [2.45, 2.75) is 32.2 Å². The molecule has 1 aromatic rings. The SMILES string of the molecule is CC(NCC1CC=CCC1)c1ccc(Br)cc1Br. The molecule has 2 atom stereocenters. The Bertz CT molecular complexity index is 429. The van der Waals surface area contributed by atoms with Crippen LogP contribution >= 0.6 is 31.9 Å². The molecular weight excluding hydrogens is 354 g/mol. The van der Waals surface area contributed by atoms with Crippen LogP contribution in [0.15, 0.2) is 39.3 Å². The Kier molecular flexibility index (Phi) is 5.46. The zero-order valence-electron chi connectivity index (χ0n) is 10.6. The van der Waals surface area contributed by atoms with Crippen LogP contribution in [0.3, 0.4) is 0 Å². The number of benzene rings is 1. The molecule has 0 heterocycles. The molecule has 0 spiro atoms. The average molecular weight is 373 g/mol. The third-order valence-electron chi connectivity index (χ3n) is 3.52. The Morgan fingerprint density at radius 2 is 2.17 bits per heavy atom. The third-order valence-corrected chi connectivity index (χ3v) is 4.70. The second-order valence-corrected chi connectivity index (χ2v) is 6.72. The summed E-state index contributed by atoms with van der Waals surface area (Å²) >= 11 is 7.12. The smallest absolute Gasteiger partial charge is 0.0303 e. The van der Waals surface area contributed by atoms with Gasteiger partial charge in [-0.25, -0.2) is 0 Å². The highest BCUT2D eigenvalue weighted by Gasteiger charge is 2.13. The summed E-state index contributed by atoms with van der Waals surface area (Å²) < 4.78 is 2.28. The van der Waals surface area contributed by atoms with Crippen molar-refractivity contribution in [2.75, 3.05) is 6.54 Å². The zero-order chi connectivity index (χ0) is 13.0. The molecular formula is C15H19Br2N. The molecule has 0 radical (unpaired) electrons. The van der Waals surface area contributed by atoms with Crippen LogP contribution in [0, 0.1) is 5.92 Å². The minimum absolute atomic E-state index is 0.387. The van der Waals surface area contributed by atoms with Gasteiger partial charge in [0.15, 0.2) is 0 Å². The van der Waals surface area contributed by atoms with Crippen LogP contribution in [-0.4, -0.2) is 6.54 Å². The fourth-order valence-electron chi connectivity index (χ4n) is 2.35. The first-order chi connectivity index (χ1) is 8.66. The predicted octanol–water partition coefficient (Wildman–Crippen LogP) is 5.22. The van der Waals surface area contributed by atoms with E-state index in [2.05, 4.69) is 74.5 Å². The summed E-state index contributed by atoms with van der Waals surface area (Å²) in [5.41, 5.74) is 1.32. The van der Waals surface area contributed by atoms with Crippen molar-refractivity contribution in [3.8, 4) is 0 Å². The number of hydrogen-bond donors (Lipinski definition) is 1. The second kappa shape index (κ2) is 6.88. The molecule has 0 bridgehead atoms. The molecule has 1 nitrogen and oxygen atoms in total. The average Bonchev–Trinajstić information content (AvgIpc) is 2.37. The lowest BCUT2D eigenvalue weighted by Crippen LogP contribution is -2.26. The van der Waals surface area contributed by atoms with Gasteiger partial charge in [-0.15, -0.1) is 0 Å². The molecule has 18 heavy (non-hydrogen) atoms. The number of allylic oxidation sites excluding steroid dienone is 2. The molecule has 0 amide bonds. The van der Waals surface area contributed by atoms with Gasteiger partial charge in [0.25, 0.3) is 0 Å². The van der Waals surface area contributed by atoms with Crippen LogP contribution < -0.4 is 5.32 Å². The number of hydrogen-bond acceptors (Lipinski definition) is 1. The van der Waals surface area contributed by atoms with Gasteiger partial charge in [-0.1, -0.05) is 50.1 Å². The third kappa shape index (κ3) is 3.94. The largest absolute Gasteiger partial charge is 0.310 e. The van der Waals surface area contributed by atoms with Crippen molar-refractivity contribution in [2.24, 2.45) is 5.92 Å². The van der Waals surface area contributed by atoms with E-state index in [-0.39, 0.29) is 0 Å². The molecule has 1 aliphatic carbocycles. The minimum atomic E-state index is 0.387. The lowest BCUT2D eigenvalue weighted by Gasteiger charge is -2.22. The van der Waals surface area contributed by atoms with Gasteiger partial charge in [0.2, 0.25) is 0 Å². The second-order valence-electron chi connectivity index (χ2n) is 4.95. The van der Waals surface area contributed by atoms with Gasteiger partial charge in [-0.2, -0.15) is 0 Å². The standard InChI is InChI=1S/C15H19Br2N/c1-11(14-8-7-13(16)9-15(14)17)18-10-12-5-3-2-4-6-12/h2-3,7-9,11-12,18H,4-6,10H2,1H3. The van der Waals surface area contributed by atoms with Crippen molar-refractivity contribution >= 4 is 31.9 Å². The molecule has 2 unspecified atom stereocenters. The molecule has 0 aliphatic heterocycles. The van der Waals surface area contributed by atoms with Crippen LogP contribution in [-0.2, 0) is 0 Å². The highest BCUT2D eigenvalue weighted by Crippen LogP contribution is 2.27. The van der Waals surface area contributed by atoms with Gasteiger partial charge >= 0.3 is 0 Å². The van der Waals surface area contributed by atoms with E-state index in [1.807, 2.05) is 0 Å². The summed E-state index contributed by atoms with van der Waals surface area (Å²) in [6.07, 6.45) is 8.39. The summed E-state index contributed by atoms with van der Waals surface area (Å²) in [6, 6.07) is 6.77. The molecule has 98 valence electrons. The maximum Gasteiger partial charge on any atom is 0.0303 e. The van der Waals surface area contributed by atoms with E-state index in [1.54, 1.807) is 0 Å². The molecule has 0 fully saturated rings. The zero-order valence-corrected chi connectivity index (χ0v) is 13.8. The normalized spacial score (nSPS) is 20.9. The van der Waals surface area contributed by atoms with E-state index in [9.17, 15) is 0 Å². The Labute approximate surface area is 126 Å². The fourth-order valence-corrected chi connectivity index (χ4v) is 3.74. The van der Waals surface area contributed by atoms with Gasteiger partial charge in [-0.05, 0) is 56.3 Å². The van der Waals surface area contributed by atoms with E-state index in [0.29, 0.717) is 6.04 Å². The van der Waals surface area contributed by atoms with E-state index >= 15 is 0 Å². The van der Waals surface area contributed by atoms with Gasteiger partial charge in [-0.3, -0.25) is 0 Å². The summed E-state index contributed by atoms with van der Waals surface area (Å²) in [6.45, 7) is 3.33. The van der Waals surface area contributed by atoms with Crippen molar-refractivity contribution in [3.63, 3.8) is 0 Å². The molecule has 2 rings (SSSR count). The quantitative estimate of drug-likeness (QED) is 0.714. The Balaban J connectivity index is 1.90. The maximum absolute atomic E-state index is 3.65. The van der Waals surface area contributed by atoms with Gasteiger partial charge in [0.05, 0.1) is 0 Å². The number of nitrogens with one attached hydrogen (secondary N) is 1. The monoisotopic (exact) mass is 371 g/mol. The highest BCUT2D eigenvalue weighted by molar-refractivity contribution is 9.11. The summed E-state index contributed by atoms with van der Waals surface area (Å²) in [5, 5.41) is 3.65. The lowest BCUT2D eigenvalue weighted by atomic mass is 9.94. The van der Waals surface area contributed by atoms with E-state index < -0.39 is 0 Å². The van der Waals surface area contributed by atoms with Gasteiger partial charge in [0.1, 0.15) is 0 Å². The Morgan fingerprint density at radius 3 is 2.83 bits per heavy atom. The first kappa shape index (κ1) is 14.3. The summed E-state index contributed by atoms with van der Waals surface area (Å²) in [7, 11) is 0. The van der Waals surface area contributed by atoms with Crippen LogP contribution in [0.1, 0.15) is 37.8 Å². The van der Waals surface area contributed by atoms with Crippen molar-refractivity contribution in [1.29, 1.82) is 0 Å². The number of rotatable bonds is 4. The van der Waals surface area contributed by atoms with Crippen molar-refractivity contribution in [1.82, 2.24) is 5.32 Å². The topological polar surface area (TPSA) is 12.0 Å². The first-order valence-corrected chi connectivity index (χ1v) is 8.08. The van der Waals surface area contributed by atoms with E-state index in [0.717, 1.165) is 16.9 Å². The first-order valence-electron chi connectivity index (χ1n) is 6.50. The van der Waals surface area contributed by atoms with Gasteiger partial charge in [0, 0.05) is 15.0 Å². The van der Waals surface area contributed by atoms with Crippen molar-refractivity contribution < 1.29 is 0 Å². The van der Waals surface area contributed by atoms with Crippen molar-refractivity contribution in [3.05, 3.63) is 44.9 Å². The van der Waals surface area contributed by atoms with E-state index in [4.69, 9.17) is 0 Å². The molecule has 0 saturated heterocycles. The fraction of sp³-hybridized carbons (Fsp3) is 0.467. The van der Waals surface area contributed by atoms with Crippen LogP contribution in [0.25, 0.3) is 0 Å².